The molecule has 3 aromatic rings. The minimum absolute atomic E-state index is 0.0341. The average molecular weight is 420 g/mol. The Balaban J connectivity index is 1.67. The Bertz CT molecular complexity index is 945. The third-order valence-corrected chi connectivity index (χ3v) is 5.26. The van der Waals surface area contributed by atoms with Gasteiger partial charge in [-0.25, -0.2) is 0 Å². The van der Waals surface area contributed by atoms with Crippen molar-refractivity contribution in [2.45, 2.75) is 23.8 Å². The van der Waals surface area contributed by atoms with Crippen LogP contribution in [0.4, 0.5) is 13.2 Å². The molecule has 0 saturated heterocycles. The highest BCUT2D eigenvalue weighted by molar-refractivity contribution is 7.99. The molecule has 2 aromatic carbocycles. The van der Waals surface area contributed by atoms with E-state index in [-0.39, 0.29) is 22.9 Å². The number of nitrogens with one attached hydrogen (secondary N) is 1. The van der Waals surface area contributed by atoms with E-state index < -0.39 is 12.0 Å². The summed E-state index contributed by atoms with van der Waals surface area (Å²) in [6.45, 7) is 0. The van der Waals surface area contributed by atoms with Gasteiger partial charge < -0.3 is 9.88 Å². The fourth-order valence-corrected chi connectivity index (χ4v) is 3.56. The van der Waals surface area contributed by atoms with Gasteiger partial charge in [-0.05, 0) is 17.5 Å². The van der Waals surface area contributed by atoms with Crippen LogP contribution >= 0.6 is 11.8 Å². The summed E-state index contributed by atoms with van der Waals surface area (Å²) in [6.07, 6.45) is -3.99. The van der Waals surface area contributed by atoms with Gasteiger partial charge in [0.05, 0.1) is 11.8 Å². The number of nitrogens with zero attached hydrogens (tertiary/aromatic N) is 3. The van der Waals surface area contributed by atoms with Crippen LogP contribution in [-0.2, 0) is 24.4 Å². The van der Waals surface area contributed by atoms with Crippen molar-refractivity contribution >= 4 is 17.7 Å². The van der Waals surface area contributed by atoms with E-state index in [9.17, 15) is 18.0 Å². The summed E-state index contributed by atoms with van der Waals surface area (Å²) >= 11 is 0.913. The van der Waals surface area contributed by atoms with Crippen LogP contribution in [0.2, 0.25) is 0 Å². The quantitative estimate of drug-likeness (QED) is 0.587. The summed E-state index contributed by atoms with van der Waals surface area (Å²) in [4.78, 5) is 12.5. The van der Waals surface area contributed by atoms with E-state index >= 15 is 0 Å². The molecule has 3 rings (SSSR count). The lowest BCUT2D eigenvalue weighted by Gasteiger charge is -2.19. The molecule has 1 N–H and O–H groups in total. The number of hydrogen-bond acceptors (Lipinski definition) is 4. The second-order valence-corrected chi connectivity index (χ2v) is 7.31. The number of halogens is 3. The predicted octanol–water partition coefficient (Wildman–Crippen LogP) is 4.03. The van der Waals surface area contributed by atoms with E-state index in [1.807, 2.05) is 60.7 Å². The summed E-state index contributed by atoms with van der Waals surface area (Å²) in [7, 11) is 1.23. The molecule has 1 heterocycles. The van der Waals surface area contributed by atoms with E-state index in [1.54, 1.807) is 0 Å². The summed E-state index contributed by atoms with van der Waals surface area (Å²) in [5.41, 5.74) is 2.02. The fraction of sp³-hybridized carbons (Fsp3) is 0.250. The van der Waals surface area contributed by atoms with Crippen LogP contribution in [0.15, 0.2) is 65.8 Å². The third kappa shape index (κ3) is 5.60. The fourth-order valence-electron chi connectivity index (χ4n) is 2.84. The molecule has 0 fully saturated rings. The monoisotopic (exact) mass is 420 g/mol. The zero-order chi connectivity index (χ0) is 20.9. The molecule has 5 nitrogen and oxygen atoms in total. The molecular formula is C20H19F3N4OS. The molecule has 1 aromatic heterocycles. The van der Waals surface area contributed by atoms with E-state index in [2.05, 4.69) is 15.5 Å². The maximum Gasteiger partial charge on any atom is 0.451 e. The van der Waals surface area contributed by atoms with Gasteiger partial charge in [0.15, 0.2) is 5.16 Å². The van der Waals surface area contributed by atoms with Crippen molar-refractivity contribution in [2.75, 3.05) is 5.75 Å². The van der Waals surface area contributed by atoms with Gasteiger partial charge in [-0.1, -0.05) is 72.4 Å². The van der Waals surface area contributed by atoms with Crippen LogP contribution in [0.5, 0.6) is 0 Å². The molecular weight excluding hydrogens is 401 g/mol. The van der Waals surface area contributed by atoms with E-state index in [0.29, 0.717) is 6.42 Å². The highest BCUT2D eigenvalue weighted by Gasteiger charge is 2.37. The van der Waals surface area contributed by atoms with Gasteiger partial charge in [0, 0.05) is 7.05 Å². The topological polar surface area (TPSA) is 59.8 Å². The first-order valence-corrected chi connectivity index (χ1v) is 9.81. The van der Waals surface area contributed by atoms with Crippen molar-refractivity contribution in [3.8, 4) is 0 Å². The first kappa shape index (κ1) is 20.9. The van der Waals surface area contributed by atoms with Gasteiger partial charge in [0.25, 0.3) is 0 Å². The van der Waals surface area contributed by atoms with E-state index in [1.165, 1.54) is 7.05 Å². The Morgan fingerprint density at radius 1 is 1.07 bits per heavy atom. The first-order valence-electron chi connectivity index (χ1n) is 8.82. The minimum atomic E-state index is -4.59. The lowest BCUT2D eigenvalue weighted by atomic mass is 9.99. The Morgan fingerprint density at radius 2 is 1.69 bits per heavy atom. The van der Waals surface area contributed by atoms with Crippen LogP contribution < -0.4 is 5.32 Å². The minimum Gasteiger partial charge on any atom is -0.348 e. The second-order valence-electron chi connectivity index (χ2n) is 6.37. The number of aromatic nitrogens is 3. The van der Waals surface area contributed by atoms with Gasteiger partial charge in [0.2, 0.25) is 11.7 Å². The van der Waals surface area contributed by atoms with Crippen molar-refractivity contribution in [3.63, 3.8) is 0 Å². The summed E-state index contributed by atoms with van der Waals surface area (Å²) in [5.74, 6) is -1.45. The smallest absolute Gasteiger partial charge is 0.348 e. The molecule has 29 heavy (non-hydrogen) atoms. The standard InChI is InChI=1S/C20H19F3N4OS/c1-27-18(20(21,22)23)25-26-19(27)29-13-17(28)24-16(15-10-6-3-7-11-15)12-14-8-4-2-5-9-14/h2-11,16H,12-13H2,1H3,(H,24,28)/t16-/m1/s1. The van der Waals surface area contributed by atoms with Gasteiger partial charge in [-0.2, -0.15) is 13.2 Å². The average Bonchev–Trinajstić information content (AvgIpc) is 3.08. The predicted molar refractivity (Wildman–Crippen MR) is 104 cm³/mol. The van der Waals surface area contributed by atoms with Gasteiger partial charge in [-0.3, -0.25) is 4.79 Å². The zero-order valence-corrected chi connectivity index (χ0v) is 16.4. The number of alkyl halides is 3. The highest BCUT2D eigenvalue weighted by atomic mass is 32.2. The maximum absolute atomic E-state index is 12.8. The molecule has 152 valence electrons. The van der Waals surface area contributed by atoms with Crippen molar-refractivity contribution in [1.29, 1.82) is 0 Å². The van der Waals surface area contributed by atoms with Gasteiger partial charge in [-0.15, -0.1) is 10.2 Å². The molecule has 1 atom stereocenters. The van der Waals surface area contributed by atoms with Gasteiger partial charge >= 0.3 is 6.18 Å². The number of thioether (sulfide) groups is 1. The number of benzene rings is 2. The number of carbonyl (C=O) groups is 1. The Kier molecular flexibility index (Phi) is 6.58. The molecule has 9 heteroatoms. The third-order valence-electron chi connectivity index (χ3n) is 4.24. The number of rotatable bonds is 7. The van der Waals surface area contributed by atoms with Crippen molar-refractivity contribution in [1.82, 2.24) is 20.1 Å². The molecule has 0 spiro atoms. The highest BCUT2D eigenvalue weighted by Crippen LogP contribution is 2.29. The molecule has 0 saturated carbocycles. The van der Waals surface area contributed by atoms with E-state index in [4.69, 9.17) is 0 Å². The number of amides is 1. The molecule has 1 amide bonds. The molecule has 0 aliphatic rings. The molecule has 0 unspecified atom stereocenters. The van der Waals surface area contributed by atoms with Crippen LogP contribution in [0.1, 0.15) is 23.0 Å². The largest absolute Gasteiger partial charge is 0.451 e. The van der Waals surface area contributed by atoms with Gasteiger partial charge in [0.1, 0.15) is 0 Å². The lowest BCUT2D eigenvalue weighted by Crippen LogP contribution is -2.31. The molecule has 0 bridgehead atoms. The van der Waals surface area contributed by atoms with Crippen LogP contribution in [0, 0.1) is 0 Å². The number of carbonyl (C=O) groups excluding carboxylic acids is 1. The molecule has 0 aliphatic carbocycles. The molecule has 0 radical (unpaired) electrons. The van der Waals surface area contributed by atoms with Crippen LogP contribution in [-0.4, -0.2) is 26.4 Å². The second kappa shape index (κ2) is 9.13. The lowest BCUT2D eigenvalue weighted by molar-refractivity contribution is -0.147. The summed E-state index contributed by atoms with van der Waals surface area (Å²) < 4.78 is 39.3. The normalized spacial score (nSPS) is 12.6. The van der Waals surface area contributed by atoms with E-state index in [0.717, 1.165) is 27.5 Å². The van der Waals surface area contributed by atoms with Crippen molar-refractivity contribution in [3.05, 3.63) is 77.6 Å². The van der Waals surface area contributed by atoms with Crippen LogP contribution in [0.25, 0.3) is 0 Å². The van der Waals surface area contributed by atoms with Crippen molar-refractivity contribution < 1.29 is 18.0 Å². The number of hydrogen-bond donors (Lipinski definition) is 1. The SMILES string of the molecule is Cn1c(SCC(=O)N[C@H](Cc2ccccc2)c2ccccc2)nnc1C(F)(F)F. The Labute approximate surface area is 170 Å². The molecule has 0 aliphatic heterocycles. The zero-order valence-electron chi connectivity index (χ0n) is 15.6. The summed E-state index contributed by atoms with van der Waals surface area (Å²) in [5, 5.41) is 9.70. The summed E-state index contributed by atoms with van der Waals surface area (Å²) in [6, 6.07) is 19.0. The first-order chi connectivity index (χ1) is 13.8. The Morgan fingerprint density at radius 3 is 2.28 bits per heavy atom. The van der Waals surface area contributed by atoms with Crippen molar-refractivity contribution in [2.24, 2.45) is 7.05 Å². The van der Waals surface area contributed by atoms with Crippen LogP contribution in [0.3, 0.4) is 0 Å². The maximum atomic E-state index is 12.8. The Hall–Kier alpha value is -2.81.